The molecule has 2 aliphatic rings. The van der Waals surface area contributed by atoms with Gasteiger partial charge in [0.25, 0.3) is 0 Å². The largest absolute Gasteiger partial charge is 0.334 e. The van der Waals surface area contributed by atoms with Gasteiger partial charge < -0.3 is 4.90 Å². The van der Waals surface area contributed by atoms with Crippen LogP contribution < -0.4 is 5.43 Å². The summed E-state index contributed by atoms with van der Waals surface area (Å²) < 4.78 is 0. The summed E-state index contributed by atoms with van der Waals surface area (Å²) in [7, 11) is 0. The van der Waals surface area contributed by atoms with Gasteiger partial charge in [-0.2, -0.15) is 5.10 Å². The van der Waals surface area contributed by atoms with Crippen molar-refractivity contribution in [2.24, 2.45) is 16.4 Å². The summed E-state index contributed by atoms with van der Waals surface area (Å²) in [5.74, 6) is -0.332. The van der Waals surface area contributed by atoms with Crippen LogP contribution in [0, 0.1) is 11.3 Å². The predicted octanol–water partition coefficient (Wildman–Crippen LogP) is 2.32. The third-order valence-electron chi connectivity index (χ3n) is 4.69. The first-order valence-electron chi connectivity index (χ1n) is 8.02. The summed E-state index contributed by atoms with van der Waals surface area (Å²) in [6, 6.07) is 0. The fourth-order valence-electron chi connectivity index (χ4n) is 3.17. The Labute approximate surface area is 127 Å². The monoisotopic (exact) mass is 293 g/mol. The van der Waals surface area contributed by atoms with Crippen molar-refractivity contribution in [2.45, 2.75) is 59.3 Å². The molecule has 5 nitrogen and oxygen atoms in total. The Bertz CT molecular complexity index is 421. The maximum Gasteiger partial charge on any atom is 0.329 e. The molecular formula is C16H27N3O2. The van der Waals surface area contributed by atoms with Crippen LogP contribution >= 0.6 is 0 Å². The molecule has 1 N–H and O–H groups in total. The van der Waals surface area contributed by atoms with E-state index in [1.54, 1.807) is 4.90 Å². The standard InChI is InChI=1S/C16H27N3O2/c1-16(2,3)12-6-8-13(9-7-12)17-18-14(20)15(21)19-10-4-5-11-19/h12H,4-11H2,1-3H3,(H,18,20). The van der Waals surface area contributed by atoms with Crippen molar-refractivity contribution in [2.75, 3.05) is 13.1 Å². The van der Waals surface area contributed by atoms with Crippen molar-refractivity contribution in [3.63, 3.8) is 0 Å². The molecule has 1 saturated heterocycles. The highest BCUT2D eigenvalue weighted by atomic mass is 16.2. The molecule has 0 aromatic carbocycles. The van der Waals surface area contributed by atoms with Gasteiger partial charge in [-0.3, -0.25) is 9.59 Å². The van der Waals surface area contributed by atoms with Crippen LogP contribution in [0.15, 0.2) is 5.10 Å². The first-order chi connectivity index (χ1) is 9.88. The third-order valence-corrected chi connectivity index (χ3v) is 4.69. The van der Waals surface area contributed by atoms with Crippen LogP contribution in [0.3, 0.4) is 0 Å². The topological polar surface area (TPSA) is 61.8 Å². The Morgan fingerprint density at radius 2 is 1.71 bits per heavy atom. The van der Waals surface area contributed by atoms with Crippen LogP contribution in [-0.4, -0.2) is 35.5 Å². The van der Waals surface area contributed by atoms with E-state index in [1.165, 1.54) is 0 Å². The van der Waals surface area contributed by atoms with E-state index in [4.69, 9.17) is 0 Å². The van der Waals surface area contributed by atoms with Gasteiger partial charge in [-0.05, 0) is 49.9 Å². The molecule has 0 unspecified atom stereocenters. The number of carbonyl (C=O) groups excluding carboxylic acids is 2. The van der Waals surface area contributed by atoms with E-state index in [9.17, 15) is 9.59 Å². The second-order valence-corrected chi connectivity index (χ2v) is 7.26. The second kappa shape index (κ2) is 6.58. The van der Waals surface area contributed by atoms with Crippen molar-refractivity contribution < 1.29 is 9.59 Å². The van der Waals surface area contributed by atoms with E-state index < -0.39 is 11.8 Å². The molecule has 0 aromatic heterocycles. The lowest BCUT2D eigenvalue weighted by Crippen LogP contribution is -2.40. The smallest absolute Gasteiger partial charge is 0.329 e. The van der Waals surface area contributed by atoms with Gasteiger partial charge in [0.1, 0.15) is 0 Å². The minimum Gasteiger partial charge on any atom is -0.334 e. The van der Waals surface area contributed by atoms with Crippen molar-refractivity contribution in [1.29, 1.82) is 0 Å². The van der Waals surface area contributed by atoms with E-state index in [-0.39, 0.29) is 0 Å². The molecule has 21 heavy (non-hydrogen) atoms. The van der Waals surface area contributed by atoms with Gasteiger partial charge in [0.2, 0.25) is 0 Å². The Kier molecular flexibility index (Phi) is 5.01. The number of carbonyl (C=O) groups is 2. The average molecular weight is 293 g/mol. The van der Waals surface area contributed by atoms with Gasteiger partial charge in [0.05, 0.1) is 0 Å². The second-order valence-electron chi connectivity index (χ2n) is 7.26. The molecule has 1 saturated carbocycles. The molecule has 1 aliphatic heterocycles. The van der Waals surface area contributed by atoms with E-state index in [0.717, 1.165) is 44.2 Å². The quantitative estimate of drug-likeness (QED) is 0.596. The minimum atomic E-state index is -0.595. The van der Waals surface area contributed by atoms with E-state index in [0.29, 0.717) is 24.4 Å². The Hall–Kier alpha value is -1.39. The van der Waals surface area contributed by atoms with E-state index >= 15 is 0 Å². The number of nitrogens with zero attached hydrogens (tertiary/aromatic N) is 2. The molecule has 0 radical (unpaired) electrons. The molecule has 2 fully saturated rings. The lowest BCUT2D eigenvalue weighted by molar-refractivity contribution is -0.145. The number of nitrogens with one attached hydrogen (secondary N) is 1. The summed E-state index contributed by atoms with van der Waals surface area (Å²) in [4.78, 5) is 25.2. The van der Waals surface area contributed by atoms with Gasteiger partial charge in [-0.1, -0.05) is 20.8 Å². The number of hydrogen-bond acceptors (Lipinski definition) is 3. The number of likely N-dealkylation sites (tertiary alicyclic amines) is 1. The molecule has 0 atom stereocenters. The summed E-state index contributed by atoms with van der Waals surface area (Å²) in [5, 5.41) is 4.16. The summed E-state index contributed by atoms with van der Waals surface area (Å²) >= 11 is 0. The third kappa shape index (κ3) is 4.29. The van der Waals surface area contributed by atoms with E-state index in [1.807, 2.05) is 0 Å². The molecule has 5 heteroatoms. The predicted molar refractivity (Wildman–Crippen MR) is 82.8 cm³/mol. The van der Waals surface area contributed by atoms with Crippen LogP contribution in [0.2, 0.25) is 0 Å². The van der Waals surface area contributed by atoms with Gasteiger partial charge in [-0.25, -0.2) is 5.43 Å². The van der Waals surface area contributed by atoms with Crippen molar-refractivity contribution in [3.05, 3.63) is 0 Å². The van der Waals surface area contributed by atoms with Crippen molar-refractivity contribution >= 4 is 17.5 Å². The van der Waals surface area contributed by atoms with Crippen LogP contribution in [-0.2, 0) is 9.59 Å². The average Bonchev–Trinajstić information content (AvgIpc) is 2.97. The first-order valence-corrected chi connectivity index (χ1v) is 8.02. The number of amides is 2. The summed E-state index contributed by atoms with van der Waals surface area (Å²) in [5.41, 5.74) is 3.79. The van der Waals surface area contributed by atoms with E-state index in [2.05, 4.69) is 31.3 Å². The molecule has 0 aromatic rings. The zero-order chi connectivity index (χ0) is 15.5. The molecule has 2 amide bonds. The van der Waals surface area contributed by atoms with Crippen molar-refractivity contribution in [3.8, 4) is 0 Å². The van der Waals surface area contributed by atoms with Crippen LogP contribution in [0.5, 0.6) is 0 Å². The fourth-order valence-corrected chi connectivity index (χ4v) is 3.17. The SMILES string of the molecule is CC(C)(C)C1CCC(=NNC(=O)C(=O)N2CCCC2)CC1. The zero-order valence-corrected chi connectivity index (χ0v) is 13.4. The maximum atomic E-state index is 11.8. The van der Waals surface area contributed by atoms with Crippen LogP contribution in [0.1, 0.15) is 59.3 Å². The molecule has 2 rings (SSSR count). The molecule has 1 heterocycles. The van der Waals surface area contributed by atoms with Gasteiger partial charge in [0.15, 0.2) is 0 Å². The highest BCUT2D eigenvalue weighted by molar-refractivity contribution is 6.35. The van der Waals surface area contributed by atoms with Gasteiger partial charge in [-0.15, -0.1) is 0 Å². The van der Waals surface area contributed by atoms with Crippen LogP contribution in [0.25, 0.3) is 0 Å². The number of hydrogen-bond donors (Lipinski definition) is 1. The summed E-state index contributed by atoms with van der Waals surface area (Å²) in [6.45, 7) is 8.20. The fraction of sp³-hybridized carbons (Fsp3) is 0.812. The first kappa shape index (κ1) is 16.0. The normalized spacial score (nSPS) is 23.1. The number of hydrazone groups is 1. The molecule has 0 spiro atoms. The molecule has 1 aliphatic carbocycles. The van der Waals surface area contributed by atoms with Gasteiger partial charge >= 0.3 is 11.8 Å². The Morgan fingerprint density at radius 1 is 1.14 bits per heavy atom. The summed E-state index contributed by atoms with van der Waals surface area (Å²) in [6.07, 6.45) is 6.03. The highest BCUT2D eigenvalue weighted by Gasteiger charge is 2.28. The van der Waals surface area contributed by atoms with Crippen molar-refractivity contribution in [1.82, 2.24) is 10.3 Å². The lowest BCUT2D eigenvalue weighted by Gasteiger charge is -2.34. The lowest BCUT2D eigenvalue weighted by atomic mass is 9.72. The maximum absolute atomic E-state index is 11.8. The molecule has 118 valence electrons. The van der Waals surface area contributed by atoms with Gasteiger partial charge in [0, 0.05) is 18.8 Å². The molecular weight excluding hydrogens is 266 g/mol. The highest BCUT2D eigenvalue weighted by Crippen LogP contribution is 2.36. The van der Waals surface area contributed by atoms with Crippen LogP contribution in [0.4, 0.5) is 0 Å². The number of rotatable bonds is 1. The molecule has 0 bridgehead atoms. The zero-order valence-electron chi connectivity index (χ0n) is 13.4. The minimum absolute atomic E-state index is 0.334. The Morgan fingerprint density at radius 3 is 2.24 bits per heavy atom. The Balaban J connectivity index is 1.80.